The lowest BCUT2D eigenvalue weighted by Gasteiger charge is -2.26. The van der Waals surface area contributed by atoms with Crippen LogP contribution in [0.5, 0.6) is 0 Å². The summed E-state index contributed by atoms with van der Waals surface area (Å²) in [6, 6.07) is 11.3. The quantitative estimate of drug-likeness (QED) is 0.492. The topological polar surface area (TPSA) is 86.9 Å². The Hall–Kier alpha value is -2.32. The van der Waals surface area contributed by atoms with E-state index in [0.717, 1.165) is 49.1 Å². The molecule has 2 heterocycles. The van der Waals surface area contributed by atoms with E-state index in [0.29, 0.717) is 11.4 Å². The van der Waals surface area contributed by atoms with Crippen LogP contribution in [-0.4, -0.2) is 58.8 Å². The number of hydrogen-bond donors (Lipinski definition) is 2. The van der Waals surface area contributed by atoms with E-state index in [9.17, 15) is 8.42 Å². The molecule has 8 heteroatoms. The molecular formula is C22H32N4O3S. The van der Waals surface area contributed by atoms with E-state index in [1.165, 1.54) is 19.1 Å². The van der Waals surface area contributed by atoms with Crippen LogP contribution in [0, 0.1) is 6.92 Å². The lowest BCUT2D eigenvalue weighted by molar-refractivity contribution is 0.213. The molecule has 7 nitrogen and oxygen atoms in total. The normalized spacial score (nSPS) is 16.6. The van der Waals surface area contributed by atoms with E-state index >= 15 is 0 Å². The molecule has 0 saturated carbocycles. The molecule has 1 saturated heterocycles. The molecule has 1 aliphatic rings. The Morgan fingerprint density at radius 3 is 2.40 bits per heavy atom. The highest BCUT2D eigenvalue weighted by molar-refractivity contribution is 7.90. The first-order valence-electron chi connectivity index (χ1n) is 10.4. The summed E-state index contributed by atoms with van der Waals surface area (Å²) < 4.78 is 29.0. The number of rotatable bonds is 8. The second-order valence-electron chi connectivity index (χ2n) is 7.75. The summed E-state index contributed by atoms with van der Waals surface area (Å²) in [4.78, 5) is 7.13. The van der Waals surface area contributed by atoms with Gasteiger partial charge in [0.2, 0.25) is 0 Å². The van der Waals surface area contributed by atoms with Gasteiger partial charge >= 0.3 is 0 Å². The molecule has 0 bridgehead atoms. The van der Waals surface area contributed by atoms with Crippen molar-refractivity contribution >= 4 is 15.8 Å². The van der Waals surface area contributed by atoms with E-state index in [4.69, 9.17) is 4.42 Å². The average molecular weight is 433 g/mol. The third-order valence-corrected chi connectivity index (χ3v) is 6.54. The van der Waals surface area contributed by atoms with E-state index in [-0.39, 0.29) is 6.04 Å². The van der Waals surface area contributed by atoms with Crippen LogP contribution in [0.4, 0.5) is 0 Å². The van der Waals surface area contributed by atoms with Gasteiger partial charge < -0.3 is 15.1 Å². The highest BCUT2D eigenvalue weighted by Crippen LogP contribution is 2.26. The molecule has 2 aromatic rings. The van der Waals surface area contributed by atoms with Gasteiger partial charge in [-0.1, -0.05) is 12.1 Å². The number of hydrogen-bond acceptors (Lipinski definition) is 5. The third-order valence-electron chi connectivity index (χ3n) is 5.42. The van der Waals surface area contributed by atoms with Gasteiger partial charge in [-0.15, -0.1) is 0 Å². The number of furan rings is 1. The van der Waals surface area contributed by atoms with Gasteiger partial charge in [-0.25, -0.2) is 8.42 Å². The zero-order chi connectivity index (χ0) is 21.6. The van der Waals surface area contributed by atoms with Gasteiger partial charge in [0.1, 0.15) is 11.5 Å². The maximum atomic E-state index is 11.6. The van der Waals surface area contributed by atoms with Crippen LogP contribution in [-0.2, 0) is 16.3 Å². The standard InChI is InChI=1S/C22H32N4O3S/c1-17-6-11-21(29-17)20(26-14-4-5-15-26)16-25-22(23-2)24-13-12-18-7-9-19(10-8-18)30(3,27)28/h6-11,20H,4-5,12-16H2,1-3H3,(H2,23,24,25). The predicted molar refractivity (Wildman–Crippen MR) is 120 cm³/mol. The molecule has 3 rings (SSSR count). The largest absolute Gasteiger partial charge is 0.465 e. The van der Waals surface area contributed by atoms with E-state index in [2.05, 4.69) is 26.6 Å². The third kappa shape index (κ3) is 6.09. The summed E-state index contributed by atoms with van der Waals surface area (Å²) in [6.07, 6.45) is 4.44. The summed E-state index contributed by atoms with van der Waals surface area (Å²) in [5.41, 5.74) is 1.08. The van der Waals surface area contributed by atoms with Crippen molar-refractivity contribution in [2.24, 2.45) is 4.99 Å². The molecule has 1 aromatic heterocycles. The minimum atomic E-state index is -3.16. The van der Waals surface area contributed by atoms with E-state index in [1.54, 1.807) is 19.2 Å². The van der Waals surface area contributed by atoms with Crippen molar-refractivity contribution in [1.82, 2.24) is 15.5 Å². The second-order valence-corrected chi connectivity index (χ2v) is 9.77. The maximum Gasteiger partial charge on any atom is 0.191 e. The van der Waals surface area contributed by atoms with Gasteiger partial charge in [-0.05, 0) is 69.1 Å². The molecule has 0 radical (unpaired) electrons. The molecule has 0 amide bonds. The number of aryl methyl sites for hydroxylation is 1. The van der Waals surface area contributed by atoms with E-state index < -0.39 is 9.84 Å². The molecule has 1 unspecified atom stereocenters. The van der Waals surface area contributed by atoms with Gasteiger partial charge in [0.15, 0.2) is 15.8 Å². The fraction of sp³-hybridized carbons (Fsp3) is 0.500. The zero-order valence-electron chi connectivity index (χ0n) is 18.0. The number of nitrogens with zero attached hydrogens (tertiary/aromatic N) is 2. The van der Waals surface area contributed by atoms with Crippen LogP contribution in [0.1, 0.15) is 36.0 Å². The smallest absolute Gasteiger partial charge is 0.191 e. The first kappa shape index (κ1) is 22.4. The van der Waals surface area contributed by atoms with Crippen molar-refractivity contribution in [3.63, 3.8) is 0 Å². The Labute approximate surface area is 179 Å². The van der Waals surface area contributed by atoms with Crippen LogP contribution in [0.25, 0.3) is 0 Å². The number of aliphatic imine (C=N–C) groups is 1. The van der Waals surface area contributed by atoms with E-state index in [1.807, 2.05) is 25.1 Å². The number of benzene rings is 1. The fourth-order valence-corrected chi connectivity index (χ4v) is 4.37. The van der Waals surface area contributed by atoms with Gasteiger partial charge in [-0.2, -0.15) is 0 Å². The first-order chi connectivity index (χ1) is 14.4. The van der Waals surface area contributed by atoms with Gasteiger partial charge in [0.05, 0.1) is 10.9 Å². The molecule has 30 heavy (non-hydrogen) atoms. The van der Waals surface area contributed by atoms with Crippen LogP contribution in [0.15, 0.2) is 50.7 Å². The van der Waals surface area contributed by atoms with Gasteiger partial charge in [0.25, 0.3) is 0 Å². The first-order valence-corrected chi connectivity index (χ1v) is 12.3. The number of likely N-dealkylation sites (tertiary alicyclic amines) is 1. The molecular weight excluding hydrogens is 400 g/mol. The highest BCUT2D eigenvalue weighted by atomic mass is 32.2. The average Bonchev–Trinajstić information content (AvgIpc) is 3.39. The molecule has 0 spiro atoms. The highest BCUT2D eigenvalue weighted by Gasteiger charge is 2.26. The Morgan fingerprint density at radius 1 is 1.13 bits per heavy atom. The SMILES string of the molecule is CN=C(NCCc1ccc(S(C)(=O)=O)cc1)NCC(c1ccc(C)o1)N1CCCC1. The van der Waals surface area contributed by atoms with Crippen molar-refractivity contribution in [1.29, 1.82) is 0 Å². The van der Waals surface area contributed by atoms with Gasteiger partial charge in [-0.3, -0.25) is 9.89 Å². The molecule has 2 N–H and O–H groups in total. The molecule has 1 atom stereocenters. The number of nitrogens with one attached hydrogen (secondary N) is 2. The fourth-order valence-electron chi connectivity index (χ4n) is 3.74. The monoisotopic (exact) mass is 432 g/mol. The van der Waals surface area contributed by atoms with Crippen molar-refractivity contribution < 1.29 is 12.8 Å². The van der Waals surface area contributed by atoms with Crippen molar-refractivity contribution in [2.75, 3.05) is 39.5 Å². The second kappa shape index (κ2) is 10.1. The van der Waals surface area contributed by atoms with Crippen molar-refractivity contribution in [2.45, 2.75) is 37.1 Å². The lowest BCUT2D eigenvalue weighted by atomic mass is 10.1. The number of guanidine groups is 1. The zero-order valence-corrected chi connectivity index (χ0v) is 18.8. The summed E-state index contributed by atoms with van der Waals surface area (Å²) in [7, 11) is -1.40. The molecule has 1 aliphatic heterocycles. The number of sulfone groups is 1. The maximum absolute atomic E-state index is 11.6. The van der Waals surface area contributed by atoms with Crippen molar-refractivity contribution in [3.05, 3.63) is 53.5 Å². The Kier molecular flexibility index (Phi) is 7.55. The summed E-state index contributed by atoms with van der Waals surface area (Å²) in [6.45, 7) is 5.56. The van der Waals surface area contributed by atoms with Crippen LogP contribution < -0.4 is 10.6 Å². The molecule has 1 fully saturated rings. The summed E-state index contributed by atoms with van der Waals surface area (Å²) in [5.74, 6) is 2.66. The van der Waals surface area contributed by atoms with Crippen LogP contribution >= 0.6 is 0 Å². The Balaban J connectivity index is 1.52. The molecule has 164 valence electrons. The minimum Gasteiger partial charge on any atom is -0.465 e. The predicted octanol–water partition coefficient (Wildman–Crippen LogP) is 2.54. The lowest BCUT2D eigenvalue weighted by Crippen LogP contribution is -2.43. The van der Waals surface area contributed by atoms with Gasteiger partial charge in [0, 0.05) is 26.4 Å². The summed E-state index contributed by atoms with van der Waals surface area (Å²) >= 11 is 0. The van der Waals surface area contributed by atoms with Crippen LogP contribution in [0.3, 0.4) is 0 Å². The molecule has 0 aliphatic carbocycles. The minimum absolute atomic E-state index is 0.184. The Bertz CT molecular complexity index is 945. The molecule has 1 aromatic carbocycles. The van der Waals surface area contributed by atoms with Crippen molar-refractivity contribution in [3.8, 4) is 0 Å². The summed E-state index contributed by atoms with van der Waals surface area (Å²) in [5, 5.41) is 6.76. The van der Waals surface area contributed by atoms with Crippen LogP contribution in [0.2, 0.25) is 0 Å². The Morgan fingerprint density at radius 2 is 1.83 bits per heavy atom.